The van der Waals surface area contributed by atoms with Gasteiger partial charge in [0.05, 0.1) is 0 Å². The van der Waals surface area contributed by atoms with Gasteiger partial charge in [-0.05, 0) is 43.9 Å². The number of nitrogens with two attached hydrogens (primary N) is 1. The molecular weight excluding hydrogens is 226 g/mol. The van der Waals surface area contributed by atoms with Crippen LogP contribution in [-0.4, -0.2) is 6.79 Å². The minimum atomic E-state index is -0.230. The Morgan fingerprint density at radius 1 is 1.11 bits per heavy atom. The Labute approximate surface area is 108 Å². The van der Waals surface area contributed by atoms with Gasteiger partial charge in [0.25, 0.3) is 0 Å². The first kappa shape index (κ1) is 11.8. The molecular formula is C15H21NO2. The van der Waals surface area contributed by atoms with Gasteiger partial charge in [0.1, 0.15) is 0 Å². The summed E-state index contributed by atoms with van der Waals surface area (Å²) in [5.41, 5.74) is 10.2. The van der Waals surface area contributed by atoms with Crippen LogP contribution in [0.25, 0.3) is 0 Å². The predicted octanol–water partition coefficient (Wildman–Crippen LogP) is 3.15. The molecule has 1 heterocycles. The van der Waals surface area contributed by atoms with Crippen LogP contribution in [0, 0.1) is 13.8 Å². The summed E-state index contributed by atoms with van der Waals surface area (Å²) >= 11 is 0. The van der Waals surface area contributed by atoms with Crippen LogP contribution in [0.1, 0.15) is 48.8 Å². The van der Waals surface area contributed by atoms with E-state index in [4.69, 9.17) is 15.2 Å². The third-order valence-electron chi connectivity index (χ3n) is 4.43. The molecule has 0 bridgehead atoms. The van der Waals surface area contributed by atoms with E-state index >= 15 is 0 Å². The van der Waals surface area contributed by atoms with E-state index in [1.807, 2.05) is 0 Å². The standard InChI is InChI=1S/C15H21NO2/c1-10-8-12-14(18-9-17-12)13(11(10)2)15(16)6-4-3-5-7-15/h8H,3-7,9,16H2,1-2H3. The lowest BCUT2D eigenvalue weighted by atomic mass is 9.75. The number of aryl methyl sites for hydroxylation is 1. The van der Waals surface area contributed by atoms with Crippen molar-refractivity contribution in [2.75, 3.05) is 6.79 Å². The number of rotatable bonds is 1. The Hall–Kier alpha value is -1.22. The zero-order valence-electron chi connectivity index (χ0n) is 11.2. The fraction of sp³-hybridized carbons (Fsp3) is 0.600. The molecule has 2 aliphatic rings. The van der Waals surface area contributed by atoms with Gasteiger partial charge in [-0.15, -0.1) is 0 Å². The highest BCUT2D eigenvalue weighted by Crippen LogP contribution is 2.47. The van der Waals surface area contributed by atoms with Crippen LogP contribution in [0.15, 0.2) is 6.07 Å². The number of ether oxygens (including phenoxy) is 2. The van der Waals surface area contributed by atoms with Crippen LogP contribution in [0.5, 0.6) is 11.5 Å². The molecule has 3 heteroatoms. The molecule has 1 aromatic rings. The highest BCUT2D eigenvalue weighted by molar-refractivity contribution is 5.57. The maximum absolute atomic E-state index is 6.69. The Morgan fingerprint density at radius 2 is 1.83 bits per heavy atom. The van der Waals surface area contributed by atoms with Crippen molar-refractivity contribution >= 4 is 0 Å². The fourth-order valence-electron chi connectivity index (χ4n) is 3.30. The van der Waals surface area contributed by atoms with Crippen molar-refractivity contribution in [3.8, 4) is 11.5 Å². The van der Waals surface area contributed by atoms with E-state index in [0.29, 0.717) is 6.79 Å². The summed E-state index contributed by atoms with van der Waals surface area (Å²) < 4.78 is 11.2. The Morgan fingerprint density at radius 3 is 2.56 bits per heavy atom. The largest absolute Gasteiger partial charge is 0.454 e. The molecule has 0 unspecified atom stereocenters. The van der Waals surface area contributed by atoms with E-state index < -0.39 is 0 Å². The van der Waals surface area contributed by atoms with Crippen LogP contribution < -0.4 is 15.2 Å². The minimum Gasteiger partial charge on any atom is -0.454 e. The van der Waals surface area contributed by atoms with Gasteiger partial charge in [-0.1, -0.05) is 19.3 Å². The lowest BCUT2D eigenvalue weighted by Crippen LogP contribution is -2.39. The van der Waals surface area contributed by atoms with Gasteiger partial charge >= 0.3 is 0 Å². The molecule has 18 heavy (non-hydrogen) atoms. The molecule has 1 fully saturated rings. The molecule has 0 amide bonds. The minimum absolute atomic E-state index is 0.230. The van der Waals surface area contributed by atoms with E-state index in [-0.39, 0.29) is 5.54 Å². The highest BCUT2D eigenvalue weighted by atomic mass is 16.7. The quantitative estimate of drug-likeness (QED) is 0.829. The molecule has 2 N–H and O–H groups in total. The lowest BCUT2D eigenvalue weighted by molar-refractivity contribution is 0.170. The maximum Gasteiger partial charge on any atom is 0.231 e. The molecule has 3 nitrogen and oxygen atoms in total. The second kappa shape index (κ2) is 4.16. The average molecular weight is 247 g/mol. The van der Waals surface area contributed by atoms with Gasteiger partial charge in [0.15, 0.2) is 11.5 Å². The van der Waals surface area contributed by atoms with E-state index in [2.05, 4.69) is 19.9 Å². The Balaban J connectivity index is 2.15. The fourth-order valence-corrected chi connectivity index (χ4v) is 3.30. The Kier molecular flexibility index (Phi) is 2.74. The monoisotopic (exact) mass is 247 g/mol. The molecule has 98 valence electrons. The molecule has 0 atom stereocenters. The van der Waals surface area contributed by atoms with Gasteiger partial charge in [-0.2, -0.15) is 0 Å². The van der Waals surface area contributed by atoms with Crippen LogP contribution >= 0.6 is 0 Å². The normalized spacial score (nSPS) is 21.1. The van der Waals surface area contributed by atoms with E-state index in [0.717, 1.165) is 24.3 Å². The van der Waals surface area contributed by atoms with Gasteiger partial charge in [-0.25, -0.2) is 0 Å². The van der Waals surface area contributed by atoms with Gasteiger partial charge in [0.2, 0.25) is 6.79 Å². The maximum atomic E-state index is 6.69. The van der Waals surface area contributed by atoms with Crippen molar-refractivity contribution in [2.45, 2.75) is 51.5 Å². The summed E-state index contributed by atoms with van der Waals surface area (Å²) in [6.07, 6.45) is 5.81. The number of hydrogen-bond donors (Lipinski definition) is 1. The molecule has 1 aromatic carbocycles. The summed E-state index contributed by atoms with van der Waals surface area (Å²) in [6.45, 7) is 4.59. The first-order chi connectivity index (χ1) is 8.62. The summed E-state index contributed by atoms with van der Waals surface area (Å²) in [6, 6.07) is 2.06. The van der Waals surface area contributed by atoms with Crippen LogP contribution in [0.2, 0.25) is 0 Å². The molecule has 1 saturated carbocycles. The highest BCUT2D eigenvalue weighted by Gasteiger charge is 2.36. The van der Waals surface area contributed by atoms with Crippen molar-refractivity contribution < 1.29 is 9.47 Å². The lowest BCUT2D eigenvalue weighted by Gasteiger charge is -2.36. The van der Waals surface area contributed by atoms with E-state index in [9.17, 15) is 0 Å². The first-order valence-electron chi connectivity index (χ1n) is 6.81. The summed E-state index contributed by atoms with van der Waals surface area (Å²) in [7, 11) is 0. The molecule has 0 aromatic heterocycles. The van der Waals surface area contributed by atoms with E-state index in [1.165, 1.54) is 36.0 Å². The van der Waals surface area contributed by atoms with Gasteiger partial charge < -0.3 is 15.2 Å². The van der Waals surface area contributed by atoms with E-state index in [1.54, 1.807) is 0 Å². The SMILES string of the molecule is Cc1cc2c(c(C3(N)CCCCC3)c1C)OCO2. The summed E-state index contributed by atoms with van der Waals surface area (Å²) in [4.78, 5) is 0. The average Bonchev–Trinajstić information content (AvgIpc) is 2.78. The predicted molar refractivity (Wildman–Crippen MR) is 71.0 cm³/mol. The molecule has 0 spiro atoms. The van der Waals surface area contributed by atoms with Crippen LogP contribution in [0.4, 0.5) is 0 Å². The molecule has 0 saturated heterocycles. The smallest absolute Gasteiger partial charge is 0.231 e. The molecule has 1 aliphatic heterocycles. The number of hydrogen-bond acceptors (Lipinski definition) is 3. The zero-order chi connectivity index (χ0) is 12.8. The third kappa shape index (κ3) is 1.69. The van der Waals surface area contributed by atoms with Crippen LogP contribution in [-0.2, 0) is 5.54 Å². The molecule has 0 radical (unpaired) electrons. The molecule has 3 rings (SSSR count). The molecule has 1 aliphatic carbocycles. The third-order valence-corrected chi connectivity index (χ3v) is 4.43. The van der Waals surface area contributed by atoms with Crippen molar-refractivity contribution in [3.63, 3.8) is 0 Å². The van der Waals surface area contributed by atoms with Crippen molar-refractivity contribution in [1.29, 1.82) is 0 Å². The second-order valence-corrected chi connectivity index (χ2v) is 5.64. The number of fused-ring (bicyclic) bond motifs is 1. The topological polar surface area (TPSA) is 44.5 Å². The van der Waals surface area contributed by atoms with Crippen molar-refractivity contribution in [1.82, 2.24) is 0 Å². The summed E-state index contributed by atoms with van der Waals surface area (Å²) in [5, 5.41) is 0. The van der Waals surface area contributed by atoms with Crippen LogP contribution in [0.3, 0.4) is 0 Å². The second-order valence-electron chi connectivity index (χ2n) is 5.64. The first-order valence-corrected chi connectivity index (χ1v) is 6.81. The summed E-state index contributed by atoms with van der Waals surface area (Å²) in [5.74, 6) is 1.76. The number of benzene rings is 1. The van der Waals surface area contributed by atoms with Gasteiger partial charge in [0, 0.05) is 11.1 Å². The van der Waals surface area contributed by atoms with Crippen molar-refractivity contribution in [2.24, 2.45) is 5.73 Å². The van der Waals surface area contributed by atoms with Crippen molar-refractivity contribution in [3.05, 3.63) is 22.8 Å². The Bertz CT molecular complexity index is 476. The zero-order valence-corrected chi connectivity index (χ0v) is 11.2. The van der Waals surface area contributed by atoms with Gasteiger partial charge in [-0.3, -0.25) is 0 Å².